The standard InChI is InChI=1S/C20H20N2O3S/c1-24-17-8-5-9-18(25-2)19(17)16(12-22-11-10-21-13-22)14-6-3-4-7-15(14)20(23)26/h3-11,13,16H,12H2,1-2H3,(H,23,26). The Balaban J connectivity index is 2.22. The molecule has 5 nitrogen and oxygen atoms in total. The third-order valence-electron chi connectivity index (χ3n) is 4.33. The van der Waals surface area contributed by atoms with Gasteiger partial charge in [0.1, 0.15) is 11.5 Å². The van der Waals surface area contributed by atoms with Crippen molar-refractivity contribution in [1.82, 2.24) is 9.55 Å². The number of methoxy groups -OCH3 is 2. The molecule has 0 fully saturated rings. The van der Waals surface area contributed by atoms with Gasteiger partial charge in [-0.05, 0) is 17.7 Å². The first kappa shape index (κ1) is 18.1. The average Bonchev–Trinajstić information content (AvgIpc) is 3.18. The number of hydrogen-bond acceptors (Lipinski definition) is 4. The van der Waals surface area contributed by atoms with Crippen molar-refractivity contribution in [2.75, 3.05) is 14.2 Å². The second-order valence-corrected chi connectivity index (χ2v) is 6.19. The maximum atomic E-state index is 12.1. The monoisotopic (exact) mass is 368 g/mol. The Hall–Kier alpha value is -2.73. The lowest BCUT2D eigenvalue weighted by atomic mass is 9.87. The lowest BCUT2D eigenvalue weighted by Crippen LogP contribution is -2.15. The minimum atomic E-state index is -0.273. The molecule has 0 radical (unpaired) electrons. The fourth-order valence-corrected chi connectivity index (χ4v) is 3.37. The quantitative estimate of drug-likeness (QED) is 0.645. The van der Waals surface area contributed by atoms with Gasteiger partial charge in [-0.15, -0.1) is 12.6 Å². The molecule has 0 saturated carbocycles. The number of carbonyl (C=O) groups excluding carboxylic acids is 1. The molecule has 0 spiro atoms. The first-order valence-electron chi connectivity index (χ1n) is 8.14. The van der Waals surface area contributed by atoms with E-state index in [0.29, 0.717) is 23.6 Å². The van der Waals surface area contributed by atoms with Crippen LogP contribution < -0.4 is 9.47 Å². The summed E-state index contributed by atoms with van der Waals surface area (Å²) in [5.74, 6) is 1.23. The molecule has 0 amide bonds. The van der Waals surface area contributed by atoms with E-state index >= 15 is 0 Å². The summed E-state index contributed by atoms with van der Waals surface area (Å²) in [6.45, 7) is 0.578. The maximum Gasteiger partial charge on any atom is 0.216 e. The molecule has 1 atom stereocenters. The molecule has 2 aromatic carbocycles. The van der Waals surface area contributed by atoms with E-state index in [1.54, 1.807) is 32.8 Å². The first-order valence-corrected chi connectivity index (χ1v) is 8.59. The Morgan fingerprint density at radius 2 is 1.81 bits per heavy atom. The number of thiol groups is 1. The predicted octanol–water partition coefficient (Wildman–Crippen LogP) is 3.80. The fourth-order valence-electron chi connectivity index (χ4n) is 3.17. The highest BCUT2D eigenvalue weighted by Crippen LogP contribution is 2.41. The molecule has 3 aromatic rings. The summed E-state index contributed by atoms with van der Waals surface area (Å²) in [5, 5.41) is -0.273. The van der Waals surface area contributed by atoms with Gasteiger partial charge in [0, 0.05) is 36.0 Å². The zero-order chi connectivity index (χ0) is 18.5. The van der Waals surface area contributed by atoms with Crippen LogP contribution in [0.5, 0.6) is 11.5 Å². The van der Waals surface area contributed by atoms with E-state index in [-0.39, 0.29) is 11.0 Å². The van der Waals surface area contributed by atoms with E-state index in [0.717, 1.165) is 11.1 Å². The molecule has 6 heteroatoms. The van der Waals surface area contributed by atoms with Gasteiger partial charge in [0.2, 0.25) is 5.12 Å². The van der Waals surface area contributed by atoms with Crippen LogP contribution in [0.4, 0.5) is 0 Å². The van der Waals surface area contributed by atoms with Crippen molar-refractivity contribution in [1.29, 1.82) is 0 Å². The highest BCUT2D eigenvalue weighted by atomic mass is 32.1. The van der Waals surface area contributed by atoms with E-state index in [4.69, 9.17) is 9.47 Å². The van der Waals surface area contributed by atoms with Crippen LogP contribution in [0.15, 0.2) is 61.2 Å². The first-order chi connectivity index (χ1) is 12.7. The SMILES string of the molecule is COc1cccc(OC)c1C(Cn1ccnc1)c1ccccc1C(=O)S. The van der Waals surface area contributed by atoms with Crippen molar-refractivity contribution in [3.63, 3.8) is 0 Å². The molecule has 134 valence electrons. The topological polar surface area (TPSA) is 53.4 Å². The smallest absolute Gasteiger partial charge is 0.216 e. The summed E-state index contributed by atoms with van der Waals surface area (Å²) in [7, 11) is 3.25. The molecule has 0 N–H and O–H groups in total. The zero-order valence-corrected chi connectivity index (χ0v) is 15.5. The van der Waals surface area contributed by atoms with E-state index in [2.05, 4.69) is 17.6 Å². The predicted molar refractivity (Wildman–Crippen MR) is 103 cm³/mol. The molecule has 0 aliphatic rings. The van der Waals surface area contributed by atoms with E-state index < -0.39 is 0 Å². The van der Waals surface area contributed by atoms with Crippen LogP contribution in [0.3, 0.4) is 0 Å². The highest BCUT2D eigenvalue weighted by molar-refractivity contribution is 7.97. The largest absolute Gasteiger partial charge is 0.496 e. The van der Waals surface area contributed by atoms with Gasteiger partial charge < -0.3 is 14.0 Å². The Morgan fingerprint density at radius 3 is 2.38 bits per heavy atom. The number of ether oxygens (including phenoxy) is 2. The summed E-state index contributed by atoms with van der Waals surface area (Å²) in [6.07, 6.45) is 5.37. The van der Waals surface area contributed by atoms with Gasteiger partial charge in [0.25, 0.3) is 0 Å². The Morgan fingerprint density at radius 1 is 1.12 bits per heavy atom. The van der Waals surface area contributed by atoms with Crippen LogP contribution in [-0.2, 0) is 6.54 Å². The lowest BCUT2D eigenvalue weighted by molar-refractivity contribution is 0.109. The third kappa shape index (κ3) is 3.60. The summed E-state index contributed by atoms with van der Waals surface area (Å²) >= 11 is 4.06. The van der Waals surface area contributed by atoms with Gasteiger partial charge in [-0.1, -0.05) is 30.3 Å². The van der Waals surface area contributed by atoms with Gasteiger partial charge in [0.15, 0.2) is 0 Å². The summed E-state index contributed by atoms with van der Waals surface area (Å²) in [4.78, 5) is 16.2. The molecular weight excluding hydrogens is 348 g/mol. The van der Waals surface area contributed by atoms with Crippen LogP contribution in [-0.4, -0.2) is 28.9 Å². The Bertz CT molecular complexity index is 872. The normalized spacial score (nSPS) is 11.8. The number of benzene rings is 2. The second kappa shape index (κ2) is 8.10. The van der Waals surface area contributed by atoms with Crippen LogP contribution in [0.2, 0.25) is 0 Å². The number of hydrogen-bond donors (Lipinski definition) is 1. The number of imidazole rings is 1. The minimum absolute atomic E-state index is 0.178. The summed E-state index contributed by atoms with van der Waals surface area (Å²) in [5.41, 5.74) is 2.31. The van der Waals surface area contributed by atoms with Crippen LogP contribution in [0.25, 0.3) is 0 Å². The molecule has 1 heterocycles. The molecule has 1 unspecified atom stereocenters. The number of rotatable bonds is 7. The molecule has 0 bridgehead atoms. The minimum Gasteiger partial charge on any atom is -0.496 e. The van der Waals surface area contributed by atoms with E-state index in [1.165, 1.54) is 0 Å². The molecular formula is C20H20N2O3S. The summed E-state index contributed by atoms with van der Waals surface area (Å²) in [6, 6.07) is 13.1. The van der Waals surface area contributed by atoms with Gasteiger partial charge in [-0.25, -0.2) is 4.98 Å². The average molecular weight is 368 g/mol. The number of aromatic nitrogens is 2. The van der Waals surface area contributed by atoms with Crippen molar-refractivity contribution < 1.29 is 14.3 Å². The van der Waals surface area contributed by atoms with Gasteiger partial charge in [-0.3, -0.25) is 4.79 Å². The number of nitrogens with zero attached hydrogens (tertiary/aromatic N) is 2. The second-order valence-electron chi connectivity index (χ2n) is 5.78. The van der Waals surface area contributed by atoms with Crippen LogP contribution >= 0.6 is 12.6 Å². The summed E-state index contributed by atoms with van der Waals surface area (Å²) < 4.78 is 13.2. The molecule has 26 heavy (non-hydrogen) atoms. The molecule has 1 aromatic heterocycles. The van der Waals surface area contributed by atoms with Gasteiger partial charge in [-0.2, -0.15) is 0 Å². The van der Waals surface area contributed by atoms with Crippen LogP contribution in [0.1, 0.15) is 27.4 Å². The van der Waals surface area contributed by atoms with Gasteiger partial charge in [0.05, 0.1) is 20.5 Å². The fraction of sp³-hybridized carbons (Fsp3) is 0.200. The van der Waals surface area contributed by atoms with Gasteiger partial charge >= 0.3 is 0 Å². The zero-order valence-electron chi connectivity index (χ0n) is 14.6. The third-order valence-corrected chi connectivity index (χ3v) is 4.57. The Kier molecular flexibility index (Phi) is 5.63. The maximum absolute atomic E-state index is 12.1. The van der Waals surface area contributed by atoms with Crippen molar-refractivity contribution in [3.05, 3.63) is 77.9 Å². The molecule has 0 saturated heterocycles. The van der Waals surface area contributed by atoms with Crippen molar-refractivity contribution in [2.45, 2.75) is 12.5 Å². The van der Waals surface area contributed by atoms with E-state index in [9.17, 15) is 4.79 Å². The lowest BCUT2D eigenvalue weighted by Gasteiger charge is -2.24. The van der Waals surface area contributed by atoms with Crippen LogP contribution in [0, 0.1) is 0 Å². The van der Waals surface area contributed by atoms with Crippen molar-refractivity contribution >= 4 is 17.7 Å². The number of carbonyl (C=O) groups is 1. The Labute approximate surface area is 158 Å². The molecule has 3 rings (SSSR count). The van der Waals surface area contributed by atoms with E-state index in [1.807, 2.05) is 47.2 Å². The highest BCUT2D eigenvalue weighted by Gasteiger charge is 2.26. The molecule has 0 aliphatic heterocycles. The van der Waals surface area contributed by atoms with Crippen molar-refractivity contribution in [2.24, 2.45) is 0 Å². The van der Waals surface area contributed by atoms with Crippen molar-refractivity contribution in [3.8, 4) is 11.5 Å². The molecule has 0 aliphatic carbocycles.